The van der Waals surface area contributed by atoms with Crippen molar-refractivity contribution >= 4 is 82.4 Å². The molecule has 0 aliphatic heterocycles. The Labute approximate surface area is 376 Å². The van der Waals surface area contributed by atoms with Crippen molar-refractivity contribution in [2.24, 2.45) is 0 Å². The van der Waals surface area contributed by atoms with E-state index in [-0.39, 0.29) is 0 Å². The number of furan rings is 1. The normalized spacial score (nSPS) is 11.7. The van der Waals surface area contributed by atoms with E-state index in [9.17, 15) is 0 Å². The second-order valence-electron chi connectivity index (χ2n) is 16.8. The lowest BCUT2D eigenvalue weighted by atomic mass is 9.93. The van der Waals surface area contributed by atoms with Gasteiger partial charge in [0.2, 0.25) is 0 Å². The third kappa shape index (κ3) is 6.05. The predicted molar refractivity (Wildman–Crippen MR) is 274 cm³/mol. The lowest BCUT2D eigenvalue weighted by Gasteiger charge is -2.29. The highest BCUT2D eigenvalue weighted by Crippen LogP contribution is 2.48. The molecule has 0 N–H and O–H groups in total. The first kappa shape index (κ1) is 36.9. The van der Waals surface area contributed by atoms with Gasteiger partial charge in [-0.25, -0.2) is 0 Å². The van der Waals surface area contributed by atoms with Gasteiger partial charge >= 0.3 is 0 Å². The molecule has 0 unspecified atom stereocenters. The molecule has 0 amide bonds. The minimum atomic E-state index is 0.874. The first-order valence-electron chi connectivity index (χ1n) is 22.2. The van der Waals surface area contributed by atoms with Crippen LogP contribution in [0.4, 0.5) is 17.1 Å². The van der Waals surface area contributed by atoms with Crippen LogP contribution in [-0.4, -0.2) is 4.57 Å². The molecule has 2 aromatic heterocycles. The molecule has 0 saturated heterocycles. The Bertz CT molecular complexity index is 3920. The summed E-state index contributed by atoms with van der Waals surface area (Å²) in [5, 5.41) is 9.58. The van der Waals surface area contributed by atoms with Crippen LogP contribution in [0.15, 0.2) is 247 Å². The maximum absolute atomic E-state index is 6.83. The molecule has 0 saturated carbocycles. The molecular formula is C62H40N2O. The summed E-state index contributed by atoms with van der Waals surface area (Å²) < 4.78 is 9.24. The molecule has 304 valence electrons. The van der Waals surface area contributed by atoms with Gasteiger partial charge in [0.15, 0.2) is 0 Å². The molecule has 0 aliphatic carbocycles. The molecule has 13 aromatic rings. The zero-order valence-corrected chi connectivity index (χ0v) is 35.4. The van der Waals surface area contributed by atoms with E-state index in [0.29, 0.717) is 0 Å². The maximum atomic E-state index is 6.83. The predicted octanol–water partition coefficient (Wildman–Crippen LogP) is 17.5. The maximum Gasteiger partial charge on any atom is 0.143 e. The molecule has 0 fully saturated rings. The van der Waals surface area contributed by atoms with E-state index in [0.717, 1.165) is 66.8 Å². The fourth-order valence-electron chi connectivity index (χ4n) is 10.2. The zero-order chi connectivity index (χ0) is 42.8. The van der Waals surface area contributed by atoms with Crippen LogP contribution in [0.25, 0.3) is 104 Å². The van der Waals surface area contributed by atoms with Gasteiger partial charge in [-0.05, 0) is 111 Å². The average molecular weight is 829 g/mol. The lowest BCUT2D eigenvalue weighted by molar-refractivity contribution is 0.670. The van der Waals surface area contributed by atoms with Gasteiger partial charge in [0.05, 0.1) is 16.7 Å². The van der Waals surface area contributed by atoms with Crippen LogP contribution in [0.5, 0.6) is 0 Å². The van der Waals surface area contributed by atoms with Gasteiger partial charge in [-0.3, -0.25) is 0 Å². The Morgan fingerprint density at radius 2 is 0.908 bits per heavy atom. The third-order valence-electron chi connectivity index (χ3n) is 13.2. The van der Waals surface area contributed by atoms with Crippen LogP contribution >= 0.6 is 0 Å². The number of nitrogens with zero attached hydrogens (tertiary/aromatic N) is 2. The Balaban J connectivity index is 1.09. The van der Waals surface area contributed by atoms with E-state index in [2.05, 4.69) is 246 Å². The van der Waals surface area contributed by atoms with Gasteiger partial charge in [-0.15, -0.1) is 0 Å². The number of benzene rings is 11. The van der Waals surface area contributed by atoms with Crippen molar-refractivity contribution in [3.63, 3.8) is 0 Å². The Kier molecular flexibility index (Phi) is 8.53. The number of para-hydroxylation sites is 4. The summed E-state index contributed by atoms with van der Waals surface area (Å²) in [6.45, 7) is 0. The zero-order valence-electron chi connectivity index (χ0n) is 35.4. The number of anilines is 3. The lowest BCUT2D eigenvalue weighted by Crippen LogP contribution is -2.11. The van der Waals surface area contributed by atoms with Crippen molar-refractivity contribution in [3.8, 4) is 39.1 Å². The summed E-state index contributed by atoms with van der Waals surface area (Å²) in [7, 11) is 0. The quantitative estimate of drug-likeness (QED) is 0.149. The Hall–Kier alpha value is -8.66. The topological polar surface area (TPSA) is 21.3 Å². The summed E-state index contributed by atoms with van der Waals surface area (Å²) >= 11 is 0. The fraction of sp³-hybridized carbons (Fsp3) is 0. The molecule has 3 nitrogen and oxygen atoms in total. The second kappa shape index (κ2) is 15.0. The average Bonchev–Trinajstić information content (AvgIpc) is 3.92. The van der Waals surface area contributed by atoms with Gasteiger partial charge in [0.1, 0.15) is 11.2 Å². The van der Waals surface area contributed by atoms with Crippen molar-refractivity contribution in [1.82, 2.24) is 4.57 Å². The van der Waals surface area contributed by atoms with Crippen LogP contribution in [0.1, 0.15) is 0 Å². The smallest absolute Gasteiger partial charge is 0.143 e. The van der Waals surface area contributed by atoms with Crippen molar-refractivity contribution in [1.29, 1.82) is 0 Å². The SMILES string of the molecule is c1ccc(-c2ccc(N(c3ccc(-c4cc5ccccc5c5ccccc45)cc3)c3cc4c(cc3-c3cccc5c3oc3ccccc35)c3ccccc3n4-c3ccccc3)cc2)cc1. The number of aromatic nitrogens is 1. The summed E-state index contributed by atoms with van der Waals surface area (Å²) in [4.78, 5) is 2.43. The first-order chi connectivity index (χ1) is 32.2. The van der Waals surface area contributed by atoms with E-state index < -0.39 is 0 Å². The molecule has 13 rings (SSSR count). The van der Waals surface area contributed by atoms with Crippen molar-refractivity contribution in [2.75, 3.05) is 4.90 Å². The van der Waals surface area contributed by atoms with Gasteiger partial charge in [0.25, 0.3) is 0 Å². The van der Waals surface area contributed by atoms with Crippen LogP contribution < -0.4 is 4.90 Å². The minimum Gasteiger partial charge on any atom is -0.455 e. The largest absolute Gasteiger partial charge is 0.455 e. The van der Waals surface area contributed by atoms with Gasteiger partial charge < -0.3 is 13.9 Å². The molecule has 0 atom stereocenters. The Morgan fingerprint density at radius 3 is 1.68 bits per heavy atom. The monoisotopic (exact) mass is 828 g/mol. The van der Waals surface area contributed by atoms with Crippen LogP contribution in [0.3, 0.4) is 0 Å². The van der Waals surface area contributed by atoms with E-state index in [1.165, 1.54) is 54.6 Å². The van der Waals surface area contributed by atoms with Gasteiger partial charge in [-0.1, -0.05) is 176 Å². The molecule has 3 heteroatoms. The summed E-state index contributed by atoms with van der Waals surface area (Å²) in [5.74, 6) is 0. The van der Waals surface area contributed by atoms with Gasteiger partial charge in [-0.2, -0.15) is 0 Å². The van der Waals surface area contributed by atoms with E-state index in [4.69, 9.17) is 4.42 Å². The molecule has 2 heterocycles. The van der Waals surface area contributed by atoms with Crippen LogP contribution in [-0.2, 0) is 0 Å². The second-order valence-corrected chi connectivity index (χ2v) is 16.8. The highest BCUT2D eigenvalue weighted by Gasteiger charge is 2.24. The number of hydrogen-bond acceptors (Lipinski definition) is 2. The van der Waals surface area contributed by atoms with E-state index in [1.54, 1.807) is 0 Å². The number of hydrogen-bond donors (Lipinski definition) is 0. The molecule has 0 spiro atoms. The number of rotatable bonds is 7. The summed E-state index contributed by atoms with van der Waals surface area (Å²) in [6.07, 6.45) is 0. The number of fused-ring (bicyclic) bond motifs is 9. The first-order valence-corrected chi connectivity index (χ1v) is 22.2. The van der Waals surface area contributed by atoms with Crippen LogP contribution in [0.2, 0.25) is 0 Å². The molecule has 0 aliphatic rings. The highest BCUT2D eigenvalue weighted by molar-refractivity contribution is 6.17. The highest BCUT2D eigenvalue weighted by atomic mass is 16.3. The molecular weight excluding hydrogens is 789 g/mol. The minimum absolute atomic E-state index is 0.874. The van der Waals surface area contributed by atoms with Crippen molar-refractivity contribution in [3.05, 3.63) is 243 Å². The van der Waals surface area contributed by atoms with Crippen molar-refractivity contribution < 1.29 is 4.42 Å². The summed E-state index contributed by atoms with van der Waals surface area (Å²) in [5.41, 5.74) is 15.1. The molecule has 11 aromatic carbocycles. The van der Waals surface area contributed by atoms with E-state index >= 15 is 0 Å². The third-order valence-corrected chi connectivity index (χ3v) is 13.2. The van der Waals surface area contributed by atoms with E-state index in [1.807, 2.05) is 6.07 Å². The molecule has 0 radical (unpaired) electrons. The standard InChI is InChI=1S/C62H40N2O/c1-3-16-41(17-4-1)42-30-34-46(35-31-42)63(47-36-32-43(33-37-47)55-38-44-18-7-8-21-48(44)49-22-9-10-23-50(49)55)59-40-60-56(51-24-11-13-28-58(51)64(60)45-19-5-2-6-20-45)39-57(59)54-27-15-26-53-52-25-12-14-29-61(52)65-62(53)54/h1-40H. The van der Waals surface area contributed by atoms with Crippen molar-refractivity contribution in [2.45, 2.75) is 0 Å². The Morgan fingerprint density at radius 1 is 0.323 bits per heavy atom. The summed E-state index contributed by atoms with van der Waals surface area (Å²) in [6, 6.07) is 87.8. The van der Waals surface area contributed by atoms with Gasteiger partial charge in [0, 0.05) is 49.7 Å². The fourth-order valence-corrected chi connectivity index (χ4v) is 10.2. The molecule has 65 heavy (non-hydrogen) atoms. The molecule has 0 bridgehead atoms. The van der Waals surface area contributed by atoms with Crippen LogP contribution in [0, 0.1) is 0 Å².